The minimum Gasteiger partial charge on any atom is -0.483 e. The molecular formula is C16H21FN4O3. The summed E-state index contributed by atoms with van der Waals surface area (Å²) in [5.41, 5.74) is 1.74. The van der Waals surface area contributed by atoms with Gasteiger partial charge >= 0.3 is 0 Å². The molecule has 1 unspecified atom stereocenters. The van der Waals surface area contributed by atoms with E-state index < -0.39 is 0 Å². The van der Waals surface area contributed by atoms with Gasteiger partial charge in [0, 0.05) is 25.9 Å². The number of halogens is 1. The maximum absolute atomic E-state index is 13.0. The Kier molecular flexibility index (Phi) is 7.57. The summed E-state index contributed by atoms with van der Waals surface area (Å²) >= 11 is 0. The Hall–Kier alpha value is -2.74. The molecule has 0 spiro atoms. The van der Waals surface area contributed by atoms with E-state index in [0.29, 0.717) is 5.95 Å². The van der Waals surface area contributed by atoms with Crippen molar-refractivity contribution in [1.29, 1.82) is 0 Å². The first-order chi connectivity index (χ1) is 11.4. The van der Waals surface area contributed by atoms with E-state index in [1.165, 1.54) is 12.1 Å². The Morgan fingerprint density at radius 1 is 1.33 bits per heavy atom. The van der Waals surface area contributed by atoms with Gasteiger partial charge in [0.15, 0.2) is 0 Å². The average molecular weight is 336 g/mol. The van der Waals surface area contributed by atoms with Crippen molar-refractivity contribution in [1.82, 2.24) is 9.97 Å². The number of carbonyl (C=O) groups is 1. The van der Waals surface area contributed by atoms with Crippen LogP contribution in [0.4, 0.5) is 16.2 Å². The van der Waals surface area contributed by atoms with Gasteiger partial charge in [-0.1, -0.05) is 12.1 Å². The Morgan fingerprint density at radius 2 is 1.92 bits per heavy atom. The van der Waals surface area contributed by atoms with Crippen LogP contribution < -0.4 is 10.2 Å². The minimum absolute atomic E-state index is 0.139. The second-order valence-corrected chi connectivity index (χ2v) is 5.13. The molecule has 0 amide bonds. The van der Waals surface area contributed by atoms with Gasteiger partial charge in [-0.05, 0) is 24.6 Å². The molecule has 2 rings (SSSR count). The zero-order valence-electron chi connectivity index (χ0n) is 13.8. The lowest BCUT2D eigenvalue weighted by atomic mass is 10.1. The van der Waals surface area contributed by atoms with E-state index in [1.54, 1.807) is 18.3 Å². The molecule has 0 fully saturated rings. The molecule has 1 atom stereocenters. The van der Waals surface area contributed by atoms with E-state index in [1.807, 2.05) is 25.9 Å². The van der Waals surface area contributed by atoms with Crippen molar-refractivity contribution in [3.8, 4) is 0 Å². The van der Waals surface area contributed by atoms with E-state index in [4.69, 9.17) is 9.90 Å². The highest BCUT2D eigenvalue weighted by Gasteiger charge is 2.13. The molecule has 2 aromatic rings. The van der Waals surface area contributed by atoms with Crippen molar-refractivity contribution >= 4 is 18.2 Å². The van der Waals surface area contributed by atoms with Crippen molar-refractivity contribution in [2.75, 3.05) is 30.9 Å². The Balaban J connectivity index is 0.000000891. The molecule has 8 heteroatoms. The maximum atomic E-state index is 13.0. The topological polar surface area (TPSA) is 98.6 Å². The highest BCUT2D eigenvalue weighted by molar-refractivity contribution is 5.48. The fraction of sp³-hybridized carbons (Fsp3) is 0.312. The van der Waals surface area contributed by atoms with Gasteiger partial charge < -0.3 is 20.4 Å². The van der Waals surface area contributed by atoms with Crippen molar-refractivity contribution in [2.45, 2.75) is 13.0 Å². The number of aromatic nitrogens is 2. The van der Waals surface area contributed by atoms with Gasteiger partial charge in [0.1, 0.15) is 11.6 Å². The van der Waals surface area contributed by atoms with Crippen LogP contribution in [0.15, 0.2) is 30.5 Å². The summed E-state index contributed by atoms with van der Waals surface area (Å²) in [5, 5.41) is 19.5. The van der Waals surface area contributed by atoms with Gasteiger partial charge in [0.25, 0.3) is 6.47 Å². The summed E-state index contributed by atoms with van der Waals surface area (Å²) in [6.45, 7) is 1.54. The minimum atomic E-state index is -0.386. The van der Waals surface area contributed by atoms with E-state index in [9.17, 15) is 9.50 Å². The third-order valence-corrected chi connectivity index (χ3v) is 3.13. The molecule has 0 aliphatic carbocycles. The van der Waals surface area contributed by atoms with Gasteiger partial charge in [0.05, 0.1) is 12.6 Å². The summed E-state index contributed by atoms with van der Waals surface area (Å²) in [4.78, 5) is 18.9. The molecule has 0 aliphatic heterocycles. The first-order valence-electron chi connectivity index (χ1n) is 7.14. The van der Waals surface area contributed by atoms with Gasteiger partial charge in [-0.25, -0.2) is 9.37 Å². The second-order valence-electron chi connectivity index (χ2n) is 5.13. The van der Waals surface area contributed by atoms with Crippen molar-refractivity contribution in [3.63, 3.8) is 0 Å². The highest BCUT2D eigenvalue weighted by atomic mass is 19.1. The number of aliphatic hydroxyl groups excluding tert-OH is 1. The molecule has 24 heavy (non-hydrogen) atoms. The lowest BCUT2D eigenvalue weighted by Crippen LogP contribution is -2.19. The largest absolute Gasteiger partial charge is 0.483 e. The third kappa shape index (κ3) is 5.47. The molecule has 0 aliphatic rings. The van der Waals surface area contributed by atoms with Gasteiger partial charge in [-0.3, -0.25) is 4.79 Å². The predicted octanol–water partition coefficient (Wildman–Crippen LogP) is 1.84. The first kappa shape index (κ1) is 19.3. The summed E-state index contributed by atoms with van der Waals surface area (Å²) < 4.78 is 13.0. The van der Waals surface area contributed by atoms with Crippen molar-refractivity contribution in [3.05, 3.63) is 47.4 Å². The predicted molar refractivity (Wildman–Crippen MR) is 89.6 cm³/mol. The zero-order chi connectivity index (χ0) is 18.1. The van der Waals surface area contributed by atoms with E-state index in [2.05, 4.69) is 15.3 Å². The van der Waals surface area contributed by atoms with Gasteiger partial charge in [-0.2, -0.15) is 4.98 Å². The standard InChI is InChI=1S/C15H19FN4O.CH2O2/c1-10-8-17-15(19-14(10)20(2)3)18-13(9-21)11-4-6-12(16)7-5-11;2-1-3/h4-8,13,21H,9H2,1-3H3,(H,17,18,19);1H,(H,2,3). The smallest absolute Gasteiger partial charge is 0.290 e. The molecule has 1 aromatic heterocycles. The molecule has 0 radical (unpaired) electrons. The van der Waals surface area contributed by atoms with Crippen LogP contribution in [-0.4, -0.2) is 47.4 Å². The quantitative estimate of drug-likeness (QED) is 0.717. The Labute approximate surface area is 139 Å². The SMILES string of the molecule is Cc1cnc(NC(CO)c2ccc(F)cc2)nc1N(C)C.O=CO. The number of rotatable bonds is 5. The molecule has 0 saturated carbocycles. The normalized spacial score (nSPS) is 11.0. The van der Waals surface area contributed by atoms with Crippen LogP contribution >= 0.6 is 0 Å². The monoisotopic (exact) mass is 336 g/mol. The van der Waals surface area contributed by atoms with Crippen LogP contribution in [0, 0.1) is 12.7 Å². The molecule has 0 saturated heterocycles. The lowest BCUT2D eigenvalue weighted by molar-refractivity contribution is -0.122. The molecule has 130 valence electrons. The van der Waals surface area contributed by atoms with Crippen LogP contribution in [-0.2, 0) is 4.79 Å². The Bertz CT molecular complexity index is 650. The summed E-state index contributed by atoms with van der Waals surface area (Å²) in [7, 11) is 3.81. The maximum Gasteiger partial charge on any atom is 0.290 e. The van der Waals surface area contributed by atoms with Crippen LogP contribution in [0.25, 0.3) is 0 Å². The second kappa shape index (κ2) is 9.41. The van der Waals surface area contributed by atoms with Gasteiger partial charge in [0.2, 0.25) is 5.95 Å². The fourth-order valence-electron chi connectivity index (χ4n) is 2.04. The number of benzene rings is 1. The number of carboxylic acid groups (broad SMARTS) is 1. The van der Waals surface area contributed by atoms with Crippen LogP contribution in [0.1, 0.15) is 17.2 Å². The third-order valence-electron chi connectivity index (χ3n) is 3.13. The van der Waals surface area contributed by atoms with Crippen molar-refractivity contribution < 1.29 is 19.4 Å². The van der Waals surface area contributed by atoms with Crippen LogP contribution in [0.3, 0.4) is 0 Å². The highest BCUT2D eigenvalue weighted by Crippen LogP contribution is 2.20. The van der Waals surface area contributed by atoms with E-state index in [0.717, 1.165) is 16.9 Å². The zero-order valence-corrected chi connectivity index (χ0v) is 13.8. The molecule has 1 aromatic carbocycles. The molecular weight excluding hydrogens is 315 g/mol. The van der Waals surface area contributed by atoms with Crippen LogP contribution in [0.5, 0.6) is 0 Å². The molecule has 1 heterocycles. The van der Waals surface area contributed by atoms with E-state index in [-0.39, 0.29) is 24.9 Å². The molecule has 7 nitrogen and oxygen atoms in total. The molecule has 0 bridgehead atoms. The number of aryl methyl sites for hydroxylation is 1. The fourth-order valence-corrected chi connectivity index (χ4v) is 2.04. The van der Waals surface area contributed by atoms with Crippen LogP contribution in [0.2, 0.25) is 0 Å². The summed E-state index contributed by atoms with van der Waals surface area (Å²) in [6, 6.07) is 5.60. The summed E-state index contributed by atoms with van der Waals surface area (Å²) in [5.74, 6) is 0.924. The number of hydrogen-bond acceptors (Lipinski definition) is 6. The first-order valence-corrected chi connectivity index (χ1v) is 7.14. The summed E-state index contributed by atoms with van der Waals surface area (Å²) in [6.07, 6.45) is 1.73. The lowest BCUT2D eigenvalue weighted by Gasteiger charge is -2.19. The van der Waals surface area contributed by atoms with Crippen molar-refractivity contribution in [2.24, 2.45) is 0 Å². The number of nitrogens with zero attached hydrogens (tertiary/aromatic N) is 3. The Morgan fingerprint density at radius 3 is 2.42 bits per heavy atom. The van der Waals surface area contributed by atoms with E-state index >= 15 is 0 Å². The average Bonchev–Trinajstić information content (AvgIpc) is 2.55. The molecule has 3 N–H and O–H groups in total. The number of nitrogens with one attached hydrogen (secondary N) is 1. The number of aliphatic hydroxyl groups is 1. The number of anilines is 2. The van der Waals surface area contributed by atoms with Gasteiger partial charge in [-0.15, -0.1) is 0 Å². The number of hydrogen-bond donors (Lipinski definition) is 3.